The van der Waals surface area contributed by atoms with E-state index in [2.05, 4.69) is 0 Å². The zero-order chi connectivity index (χ0) is 13.1. The van der Waals surface area contributed by atoms with Crippen LogP contribution in [0.1, 0.15) is 37.2 Å². The number of rotatable bonds is 6. The normalized spacial score (nSPS) is 13.9. The lowest BCUT2D eigenvalue weighted by Crippen LogP contribution is -2.34. The lowest BCUT2D eigenvalue weighted by Gasteiger charge is -2.22. The molecule has 1 atom stereocenters. The highest BCUT2D eigenvalue weighted by Gasteiger charge is 2.27. The Balaban J connectivity index is 2.98. The topological polar surface area (TPSA) is 67.6 Å². The Hall–Kier alpha value is -1.14. The van der Waals surface area contributed by atoms with Crippen LogP contribution in [0.25, 0.3) is 0 Å². The molecule has 1 aromatic heterocycles. The van der Waals surface area contributed by atoms with Crippen molar-refractivity contribution >= 4 is 16.3 Å². The SMILES string of the molecule is CCCC(C)N(C)S(=O)(=O)c1ccc(C=O)o1. The lowest BCUT2D eigenvalue weighted by atomic mass is 10.2. The Morgan fingerprint density at radius 1 is 1.47 bits per heavy atom. The number of sulfonamides is 1. The standard InChI is InChI=1S/C11H17NO4S/c1-4-5-9(2)12(3)17(14,15)11-7-6-10(8-13)16-11/h6-9H,4-5H2,1-3H3. The third-order valence-electron chi connectivity index (χ3n) is 2.68. The third-order valence-corrected chi connectivity index (χ3v) is 4.52. The maximum atomic E-state index is 12.1. The van der Waals surface area contributed by atoms with Gasteiger partial charge in [0.05, 0.1) is 0 Å². The van der Waals surface area contributed by atoms with Gasteiger partial charge in [0, 0.05) is 13.1 Å². The summed E-state index contributed by atoms with van der Waals surface area (Å²) in [6, 6.07) is 2.54. The van der Waals surface area contributed by atoms with Gasteiger partial charge in [0.25, 0.3) is 10.0 Å². The number of furan rings is 1. The van der Waals surface area contributed by atoms with E-state index in [0.29, 0.717) is 6.29 Å². The van der Waals surface area contributed by atoms with Crippen LogP contribution in [0.5, 0.6) is 0 Å². The van der Waals surface area contributed by atoms with Gasteiger partial charge in [0.2, 0.25) is 5.09 Å². The minimum absolute atomic E-state index is 0.0140. The molecule has 0 radical (unpaired) electrons. The van der Waals surface area contributed by atoms with Crippen LogP contribution in [-0.2, 0) is 10.0 Å². The zero-order valence-corrected chi connectivity index (χ0v) is 11.0. The molecule has 0 spiro atoms. The van der Waals surface area contributed by atoms with E-state index in [-0.39, 0.29) is 16.9 Å². The van der Waals surface area contributed by atoms with E-state index in [1.165, 1.54) is 23.5 Å². The highest BCUT2D eigenvalue weighted by Crippen LogP contribution is 2.20. The Kier molecular flexibility index (Phi) is 4.47. The van der Waals surface area contributed by atoms with Crippen molar-refractivity contribution in [2.45, 2.75) is 37.8 Å². The van der Waals surface area contributed by atoms with E-state index in [9.17, 15) is 13.2 Å². The zero-order valence-electron chi connectivity index (χ0n) is 10.2. The maximum absolute atomic E-state index is 12.1. The molecule has 1 rings (SSSR count). The quantitative estimate of drug-likeness (QED) is 0.732. The summed E-state index contributed by atoms with van der Waals surface area (Å²) < 4.78 is 30.4. The molecule has 96 valence electrons. The molecule has 0 aliphatic carbocycles. The van der Waals surface area contributed by atoms with Gasteiger partial charge < -0.3 is 4.42 Å². The number of nitrogens with zero attached hydrogens (tertiary/aromatic N) is 1. The van der Waals surface area contributed by atoms with E-state index >= 15 is 0 Å². The molecule has 0 N–H and O–H groups in total. The van der Waals surface area contributed by atoms with Gasteiger partial charge in [-0.2, -0.15) is 4.31 Å². The summed E-state index contributed by atoms with van der Waals surface area (Å²) in [5.74, 6) is 0.0140. The maximum Gasteiger partial charge on any atom is 0.276 e. The van der Waals surface area contributed by atoms with Crippen LogP contribution < -0.4 is 0 Å². The molecule has 0 saturated carbocycles. The van der Waals surface area contributed by atoms with E-state index in [1.807, 2.05) is 13.8 Å². The average molecular weight is 259 g/mol. The summed E-state index contributed by atoms with van der Waals surface area (Å²) in [5.41, 5.74) is 0. The van der Waals surface area contributed by atoms with Crippen LogP contribution in [0, 0.1) is 0 Å². The average Bonchev–Trinajstić information content (AvgIpc) is 2.77. The monoisotopic (exact) mass is 259 g/mol. The second-order valence-corrected chi connectivity index (χ2v) is 5.86. The molecule has 0 aromatic carbocycles. The lowest BCUT2D eigenvalue weighted by molar-refractivity contribution is 0.109. The first kappa shape index (κ1) is 13.9. The first-order valence-electron chi connectivity index (χ1n) is 5.46. The van der Waals surface area contributed by atoms with Crippen LogP contribution in [0.2, 0.25) is 0 Å². The fraction of sp³-hybridized carbons (Fsp3) is 0.545. The largest absolute Gasteiger partial charge is 0.440 e. The summed E-state index contributed by atoms with van der Waals surface area (Å²) in [5, 5.41) is -0.190. The van der Waals surface area contributed by atoms with Gasteiger partial charge in [-0.25, -0.2) is 8.42 Å². The number of aldehydes is 1. The van der Waals surface area contributed by atoms with E-state index < -0.39 is 10.0 Å². The van der Waals surface area contributed by atoms with Gasteiger partial charge in [-0.1, -0.05) is 13.3 Å². The van der Waals surface area contributed by atoms with Crippen LogP contribution in [0.4, 0.5) is 0 Å². The molecule has 0 aliphatic rings. The van der Waals surface area contributed by atoms with E-state index in [1.54, 1.807) is 0 Å². The molecule has 1 heterocycles. The third kappa shape index (κ3) is 2.95. The van der Waals surface area contributed by atoms with Crippen molar-refractivity contribution in [1.29, 1.82) is 0 Å². The van der Waals surface area contributed by atoms with Crippen LogP contribution >= 0.6 is 0 Å². The smallest absolute Gasteiger partial charge is 0.276 e. The second kappa shape index (κ2) is 5.46. The molecular weight excluding hydrogens is 242 g/mol. The first-order valence-corrected chi connectivity index (χ1v) is 6.90. The van der Waals surface area contributed by atoms with Crippen LogP contribution in [0.3, 0.4) is 0 Å². The molecule has 0 aliphatic heterocycles. The van der Waals surface area contributed by atoms with Crippen LogP contribution in [0.15, 0.2) is 21.6 Å². The molecule has 17 heavy (non-hydrogen) atoms. The molecule has 0 fully saturated rings. The van der Waals surface area contributed by atoms with Gasteiger partial charge in [-0.05, 0) is 25.5 Å². The number of hydrogen-bond donors (Lipinski definition) is 0. The summed E-state index contributed by atoms with van der Waals surface area (Å²) in [6.07, 6.45) is 2.16. The van der Waals surface area contributed by atoms with Gasteiger partial charge in [-0.3, -0.25) is 4.79 Å². The Morgan fingerprint density at radius 3 is 2.59 bits per heavy atom. The highest BCUT2D eigenvalue weighted by molar-refractivity contribution is 7.89. The minimum Gasteiger partial charge on any atom is -0.440 e. The van der Waals surface area contributed by atoms with Crippen LogP contribution in [-0.4, -0.2) is 32.1 Å². The fourth-order valence-electron chi connectivity index (χ4n) is 1.51. The predicted molar refractivity (Wildman–Crippen MR) is 63.4 cm³/mol. The highest BCUT2D eigenvalue weighted by atomic mass is 32.2. The fourth-order valence-corrected chi connectivity index (χ4v) is 2.82. The van der Waals surface area contributed by atoms with E-state index in [4.69, 9.17) is 4.42 Å². The first-order chi connectivity index (χ1) is 7.93. The van der Waals surface area contributed by atoms with Crippen molar-refractivity contribution in [2.75, 3.05) is 7.05 Å². The van der Waals surface area contributed by atoms with Gasteiger partial charge in [0.15, 0.2) is 12.0 Å². The Labute approximate surface area is 101 Å². The molecule has 0 saturated heterocycles. The van der Waals surface area contributed by atoms with Gasteiger partial charge in [0.1, 0.15) is 0 Å². The van der Waals surface area contributed by atoms with Gasteiger partial charge in [-0.15, -0.1) is 0 Å². The number of carbonyl (C=O) groups excluding carboxylic acids is 1. The summed E-state index contributed by atoms with van der Waals surface area (Å²) >= 11 is 0. The van der Waals surface area contributed by atoms with Crippen molar-refractivity contribution in [3.63, 3.8) is 0 Å². The van der Waals surface area contributed by atoms with Crippen molar-refractivity contribution in [1.82, 2.24) is 4.31 Å². The van der Waals surface area contributed by atoms with Crippen molar-refractivity contribution in [3.8, 4) is 0 Å². The Bertz CT molecular complexity index is 477. The minimum atomic E-state index is -3.64. The van der Waals surface area contributed by atoms with E-state index in [0.717, 1.165) is 12.8 Å². The van der Waals surface area contributed by atoms with Crippen molar-refractivity contribution < 1.29 is 17.6 Å². The molecule has 5 nitrogen and oxygen atoms in total. The van der Waals surface area contributed by atoms with Crippen molar-refractivity contribution in [2.24, 2.45) is 0 Å². The molecule has 6 heteroatoms. The molecule has 1 unspecified atom stereocenters. The van der Waals surface area contributed by atoms with Gasteiger partial charge >= 0.3 is 0 Å². The number of hydrogen-bond acceptors (Lipinski definition) is 4. The summed E-state index contributed by atoms with van der Waals surface area (Å²) in [6.45, 7) is 3.83. The summed E-state index contributed by atoms with van der Waals surface area (Å²) in [4.78, 5) is 10.5. The van der Waals surface area contributed by atoms with Crippen molar-refractivity contribution in [3.05, 3.63) is 17.9 Å². The summed E-state index contributed by atoms with van der Waals surface area (Å²) in [7, 11) is -2.13. The molecule has 0 bridgehead atoms. The molecule has 0 amide bonds. The second-order valence-electron chi connectivity index (χ2n) is 3.93. The Morgan fingerprint density at radius 2 is 2.12 bits per heavy atom. The predicted octanol–water partition coefficient (Wildman–Crippen LogP) is 1.90. The molecule has 1 aromatic rings. The number of carbonyl (C=O) groups is 1. The molecular formula is C11H17NO4S.